The van der Waals surface area contributed by atoms with Gasteiger partial charge in [-0.25, -0.2) is 4.39 Å². The molecule has 1 saturated carbocycles. The van der Waals surface area contributed by atoms with Gasteiger partial charge in [-0.05, 0) is 59.7 Å². The standard InChI is InChI=1S/C19H20FNO/c1-12(2)17-10-7-15(20)11-18(17)13-3-5-14(6-4-13)19(22)21-16-8-9-16/h3-7,10-12,16H,8-9H2,1-2H3,(H,21,22). The number of rotatable bonds is 4. The summed E-state index contributed by atoms with van der Waals surface area (Å²) in [6.07, 6.45) is 2.15. The summed E-state index contributed by atoms with van der Waals surface area (Å²) in [7, 11) is 0. The fourth-order valence-corrected chi connectivity index (χ4v) is 2.58. The summed E-state index contributed by atoms with van der Waals surface area (Å²) >= 11 is 0. The molecule has 0 atom stereocenters. The molecule has 1 N–H and O–H groups in total. The van der Waals surface area contributed by atoms with Gasteiger partial charge in [0, 0.05) is 11.6 Å². The first-order valence-electron chi connectivity index (χ1n) is 7.75. The van der Waals surface area contributed by atoms with Crippen LogP contribution in [0.1, 0.15) is 48.5 Å². The van der Waals surface area contributed by atoms with Gasteiger partial charge in [-0.15, -0.1) is 0 Å². The van der Waals surface area contributed by atoms with E-state index >= 15 is 0 Å². The van der Waals surface area contributed by atoms with Gasteiger partial charge in [0.2, 0.25) is 0 Å². The Balaban J connectivity index is 1.89. The first-order valence-corrected chi connectivity index (χ1v) is 7.75. The third kappa shape index (κ3) is 3.19. The number of hydrogen-bond donors (Lipinski definition) is 1. The predicted octanol–water partition coefficient (Wildman–Crippen LogP) is 4.51. The monoisotopic (exact) mass is 297 g/mol. The van der Waals surface area contributed by atoms with Crippen molar-refractivity contribution in [2.45, 2.75) is 38.6 Å². The van der Waals surface area contributed by atoms with Gasteiger partial charge in [0.1, 0.15) is 5.82 Å². The maximum atomic E-state index is 13.6. The van der Waals surface area contributed by atoms with E-state index in [0.29, 0.717) is 17.5 Å². The van der Waals surface area contributed by atoms with Crippen molar-refractivity contribution in [3.63, 3.8) is 0 Å². The molecule has 1 fully saturated rings. The van der Waals surface area contributed by atoms with Crippen molar-refractivity contribution in [3.8, 4) is 11.1 Å². The van der Waals surface area contributed by atoms with Crippen LogP contribution in [0.25, 0.3) is 11.1 Å². The fourth-order valence-electron chi connectivity index (χ4n) is 2.58. The SMILES string of the molecule is CC(C)c1ccc(F)cc1-c1ccc(C(=O)NC2CC2)cc1. The van der Waals surface area contributed by atoms with Gasteiger partial charge in [-0.2, -0.15) is 0 Å². The molecule has 0 bridgehead atoms. The molecule has 0 unspecified atom stereocenters. The van der Waals surface area contributed by atoms with Gasteiger partial charge in [-0.3, -0.25) is 4.79 Å². The summed E-state index contributed by atoms with van der Waals surface area (Å²) in [6.45, 7) is 4.18. The average Bonchev–Trinajstić information content (AvgIpc) is 3.31. The Bertz CT molecular complexity index is 687. The van der Waals surface area contributed by atoms with Crippen molar-refractivity contribution in [1.82, 2.24) is 5.32 Å². The first kappa shape index (κ1) is 14.8. The van der Waals surface area contributed by atoms with Crippen LogP contribution in [-0.4, -0.2) is 11.9 Å². The van der Waals surface area contributed by atoms with E-state index < -0.39 is 0 Å². The lowest BCUT2D eigenvalue weighted by Gasteiger charge is -2.13. The average molecular weight is 297 g/mol. The smallest absolute Gasteiger partial charge is 0.251 e. The van der Waals surface area contributed by atoms with Crippen LogP contribution in [-0.2, 0) is 0 Å². The number of carbonyl (C=O) groups excluding carboxylic acids is 1. The molecule has 0 aromatic heterocycles. The molecule has 2 aromatic rings. The number of benzene rings is 2. The van der Waals surface area contributed by atoms with Crippen molar-refractivity contribution in [3.05, 3.63) is 59.4 Å². The highest BCUT2D eigenvalue weighted by Crippen LogP contribution is 2.30. The van der Waals surface area contributed by atoms with Gasteiger partial charge in [0.05, 0.1) is 0 Å². The third-order valence-electron chi connectivity index (χ3n) is 4.01. The molecule has 0 heterocycles. The van der Waals surface area contributed by atoms with E-state index in [1.807, 2.05) is 30.3 Å². The summed E-state index contributed by atoms with van der Waals surface area (Å²) in [5.41, 5.74) is 3.59. The Labute approximate surface area is 130 Å². The highest BCUT2D eigenvalue weighted by atomic mass is 19.1. The Kier molecular flexibility index (Phi) is 3.97. The van der Waals surface area contributed by atoms with Crippen molar-refractivity contribution < 1.29 is 9.18 Å². The number of hydrogen-bond acceptors (Lipinski definition) is 1. The van der Waals surface area contributed by atoms with Crippen molar-refractivity contribution in [2.24, 2.45) is 0 Å². The maximum Gasteiger partial charge on any atom is 0.251 e. The van der Waals surface area contributed by atoms with Crippen LogP contribution in [0.4, 0.5) is 4.39 Å². The largest absolute Gasteiger partial charge is 0.349 e. The van der Waals surface area contributed by atoms with Crippen LogP contribution < -0.4 is 5.32 Å². The third-order valence-corrected chi connectivity index (χ3v) is 4.01. The molecular weight excluding hydrogens is 277 g/mol. The molecule has 114 valence electrons. The summed E-state index contributed by atoms with van der Waals surface area (Å²) < 4.78 is 13.6. The maximum absolute atomic E-state index is 13.6. The molecule has 1 amide bonds. The lowest BCUT2D eigenvalue weighted by atomic mass is 9.92. The van der Waals surface area contributed by atoms with E-state index in [0.717, 1.165) is 29.5 Å². The van der Waals surface area contributed by atoms with Crippen LogP contribution in [0.3, 0.4) is 0 Å². The topological polar surface area (TPSA) is 29.1 Å². The molecule has 0 spiro atoms. The van der Waals surface area contributed by atoms with E-state index in [2.05, 4.69) is 19.2 Å². The Morgan fingerprint density at radius 1 is 1.14 bits per heavy atom. The molecule has 22 heavy (non-hydrogen) atoms. The zero-order chi connectivity index (χ0) is 15.7. The second-order valence-corrected chi connectivity index (χ2v) is 6.21. The highest BCUT2D eigenvalue weighted by molar-refractivity contribution is 5.95. The van der Waals surface area contributed by atoms with Gasteiger partial charge in [0.15, 0.2) is 0 Å². The van der Waals surface area contributed by atoms with Gasteiger partial charge in [-0.1, -0.05) is 32.0 Å². The quantitative estimate of drug-likeness (QED) is 0.884. The Morgan fingerprint density at radius 3 is 2.41 bits per heavy atom. The van der Waals surface area contributed by atoms with E-state index in [-0.39, 0.29) is 11.7 Å². The Hall–Kier alpha value is -2.16. The van der Waals surface area contributed by atoms with E-state index in [1.54, 1.807) is 6.07 Å². The molecule has 0 saturated heterocycles. The van der Waals surface area contributed by atoms with Gasteiger partial charge in [0.25, 0.3) is 5.91 Å². The minimum absolute atomic E-state index is 0.0302. The van der Waals surface area contributed by atoms with E-state index in [1.165, 1.54) is 6.07 Å². The Morgan fingerprint density at radius 2 is 1.82 bits per heavy atom. The predicted molar refractivity (Wildman–Crippen MR) is 86.4 cm³/mol. The number of amides is 1. The van der Waals surface area contributed by atoms with Crippen molar-refractivity contribution in [1.29, 1.82) is 0 Å². The second kappa shape index (κ2) is 5.91. The van der Waals surface area contributed by atoms with E-state index in [4.69, 9.17) is 0 Å². The molecule has 2 aromatic carbocycles. The van der Waals surface area contributed by atoms with Crippen LogP contribution >= 0.6 is 0 Å². The molecule has 2 nitrogen and oxygen atoms in total. The zero-order valence-electron chi connectivity index (χ0n) is 12.9. The lowest BCUT2D eigenvalue weighted by molar-refractivity contribution is 0.0951. The van der Waals surface area contributed by atoms with E-state index in [9.17, 15) is 9.18 Å². The second-order valence-electron chi connectivity index (χ2n) is 6.21. The number of nitrogens with one attached hydrogen (secondary N) is 1. The summed E-state index contributed by atoms with van der Waals surface area (Å²) in [6, 6.07) is 12.6. The van der Waals surface area contributed by atoms with Crippen LogP contribution in [0.15, 0.2) is 42.5 Å². The van der Waals surface area contributed by atoms with Crippen molar-refractivity contribution >= 4 is 5.91 Å². The minimum atomic E-state index is -0.241. The van der Waals surface area contributed by atoms with Crippen molar-refractivity contribution in [2.75, 3.05) is 0 Å². The minimum Gasteiger partial charge on any atom is -0.349 e. The molecule has 3 rings (SSSR count). The fraction of sp³-hybridized carbons (Fsp3) is 0.316. The highest BCUT2D eigenvalue weighted by Gasteiger charge is 2.23. The van der Waals surface area contributed by atoms with Gasteiger partial charge < -0.3 is 5.32 Å². The zero-order valence-corrected chi connectivity index (χ0v) is 12.9. The summed E-state index contributed by atoms with van der Waals surface area (Å²) in [4.78, 5) is 12.0. The van der Waals surface area contributed by atoms with Gasteiger partial charge >= 0.3 is 0 Å². The number of carbonyl (C=O) groups is 1. The molecule has 0 aliphatic heterocycles. The summed E-state index contributed by atoms with van der Waals surface area (Å²) in [5, 5.41) is 2.97. The molecule has 1 aliphatic rings. The van der Waals surface area contributed by atoms with Crippen LogP contribution in [0, 0.1) is 5.82 Å². The molecule has 3 heteroatoms. The molecule has 1 aliphatic carbocycles. The summed E-state index contributed by atoms with van der Waals surface area (Å²) in [5.74, 6) is 0.0424. The van der Waals surface area contributed by atoms with Crippen LogP contribution in [0.5, 0.6) is 0 Å². The van der Waals surface area contributed by atoms with Crippen LogP contribution in [0.2, 0.25) is 0 Å². The lowest BCUT2D eigenvalue weighted by Crippen LogP contribution is -2.25. The molecular formula is C19H20FNO. The first-order chi connectivity index (χ1) is 10.5. The normalized spacial score (nSPS) is 14.2. The number of halogens is 1. The molecule has 0 radical (unpaired) electrons.